The molecule has 4 heteroatoms. The average molecular weight is 165 g/mol. The van der Waals surface area contributed by atoms with Gasteiger partial charge in [0, 0.05) is 12.0 Å². The molecule has 1 rings (SSSR count). The smallest absolute Gasteiger partial charge is 0.275 e. The van der Waals surface area contributed by atoms with Crippen LogP contribution in [0.5, 0.6) is 0 Å². The fraction of sp³-hybridized carbons (Fsp3) is 1.00. The molecule has 1 aliphatic rings. The molecule has 11 heavy (non-hydrogen) atoms. The number of rotatable bonds is 0. The summed E-state index contributed by atoms with van der Waals surface area (Å²) in [6.45, 7) is 1.46. The van der Waals surface area contributed by atoms with Crippen molar-refractivity contribution in [3.63, 3.8) is 0 Å². The lowest BCUT2D eigenvalue weighted by molar-refractivity contribution is -0.158. The van der Waals surface area contributed by atoms with Gasteiger partial charge in [-0.25, -0.2) is 8.78 Å². The number of nitrogens with two attached hydrogens (primary N) is 1. The van der Waals surface area contributed by atoms with Crippen molar-refractivity contribution >= 4 is 0 Å². The predicted octanol–water partition coefficient (Wildman–Crippen LogP) is 0.884. The summed E-state index contributed by atoms with van der Waals surface area (Å²) < 4.78 is 25.5. The number of aliphatic hydroxyl groups excluding tert-OH is 1. The molecule has 0 aliphatic heterocycles. The minimum atomic E-state index is -3.00. The molecule has 1 saturated carbocycles. The molecule has 2 atom stereocenters. The third kappa shape index (κ3) is 1.51. The fourth-order valence-corrected chi connectivity index (χ4v) is 1.46. The van der Waals surface area contributed by atoms with Gasteiger partial charge in [0.25, 0.3) is 5.92 Å². The lowest BCUT2D eigenvalue weighted by Crippen LogP contribution is -2.59. The van der Waals surface area contributed by atoms with Crippen LogP contribution in [-0.4, -0.2) is 22.7 Å². The van der Waals surface area contributed by atoms with Gasteiger partial charge in [-0.15, -0.1) is 0 Å². The van der Waals surface area contributed by atoms with Gasteiger partial charge in [0.05, 0.1) is 0 Å². The van der Waals surface area contributed by atoms with E-state index in [1.807, 2.05) is 0 Å². The zero-order valence-corrected chi connectivity index (χ0v) is 6.48. The third-order valence-corrected chi connectivity index (χ3v) is 2.25. The zero-order chi connectivity index (χ0) is 8.70. The second kappa shape index (κ2) is 2.38. The molecule has 0 aromatic heterocycles. The second-order valence-electron chi connectivity index (χ2n) is 3.52. The minimum absolute atomic E-state index is 0.249. The molecule has 0 amide bonds. The Morgan fingerprint density at radius 3 is 2.36 bits per heavy atom. The Morgan fingerprint density at radius 1 is 1.45 bits per heavy atom. The van der Waals surface area contributed by atoms with Crippen LogP contribution < -0.4 is 5.73 Å². The quantitative estimate of drug-likeness (QED) is 0.559. The maximum Gasteiger partial charge on any atom is 0.275 e. The molecule has 2 nitrogen and oxygen atoms in total. The maximum absolute atomic E-state index is 12.8. The van der Waals surface area contributed by atoms with Gasteiger partial charge >= 0.3 is 0 Å². The van der Waals surface area contributed by atoms with E-state index < -0.39 is 17.6 Å². The molecule has 0 aromatic carbocycles. The van der Waals surface area contributed by atoms with E-state index in [9.17, 15) is 8.78 Å². The molecule has 0 aromatic rings. The number of hydrogen-bond acceptors (Lipinski definition) is 2. The molecule has 66 valence electrons. The first-order valence-corrected chi connectivity index (χ1v) is 3.71. The third-order valence-electron chi connectivity index (χ3n) is 2.25. The Labute approximate surface area is 64.4 Å². The molecule has 0 heterocycles. The van der Waals surface area contributed by atoms with Gasteiger partial charge < -0.3 is 10.8 Å². The summed E-state index contributed by atoms with van der Waals surface area (Å²) >= 11 is 0. The van der Waals surface area contributed by atoms with Crippen LogP contribution in [0.2, 0.25) is 0 Å². The average Bonchev–Trinajstić information content (AvgIpc) is 1.82. The van der Waals surface area contributed by atoms with Gasteiger partial charge in [0.15, 0.2) is 0 Å². The van der Waals surface area contributed by atoms with Crippen molar-refractivity contribution in [2.75, 3.05) is 0 Å². The predicted molar refractivity (Wildman–Crippen MR) is 37.4 cm³/mol. The van der Waals surface area contributed by atoms with Crippen molar-refractivity contribution in [2.24, 2.45) is 5.73 Å². The highest BCUT2D eigenvalue weighted by molar-refractivity contribution is 4.99. The number of hydrogen-bond donors (Lipinski definition) is 2. The molecular formula is C7H13F2NO. The lowest BCUT2D eigenvalue weighted by atomic mass is 9.79. The first kappa shape index (κ1) is 8.87. The van der Waals surface area contributed by atoms with Gasteiger partial charge in [-0.2, -0.15) is 0 Å². The standard InChI is InChI=1S/C7H13F2NO/c1-6(10)3-2-4-7(8,9)5(6)11/h5,11H,2-4,10H2,1H3/t5?,6-/m1/s1. The van der Waals surface area contributed by atoms with Crippen molar-refractivity contribution < 1.29 is 13.9 Å². The number of aliphatic hydroxyl groups is 1. The molecular weight excluding hydrogens is 152 g/mol. The Bertz CT molecular complexity index is 143. The van der Waals surface area contributed by atoms with Crippen LogP contribution in [0.3, 0.4) is 0 Å². The van der Waals surface area contributed by atoms with Gasteiger partial charge in [0.1, 0.15) is 6.10 Å². The Balaban J connectivity index is 2.76. The van der Waals surface area contributed by atoms with E-state index in [2.05, 4.69) is 0 Å². The van der Waals surface area contributed by atoms with Crippen LogP contribution in [0.25, 0.3) is 0 Å². The first-order chi connectivity index (χ1) is 4.86. The summed E-state index contributed by atoms with van der Waals surface area (Å²) in [7, 11) is 0. The fourth-order valence-electron chi connectivity index (χ4n) is 1.46. The van der Waals surface area contributed by atoms with Gasteiger partial charge in [0.2, 0.25) is 0 Å². The Kier molecular flexibility index (Phi) is 1.92. The molecule has 0 bridgehead atoms. The second-order valence-corrected chi connectivity index (χ2v) is 3.52. The summed E-state index contributed by atoms with van der Waals surface area (Å²) in [5, 5.41) is 9.09. The van der Waals surface area contributed by atoms with Gasteiger partial charge in [-0.05, 0) is 19.8 Å². The summed E-state index contributed by atoms with van der Waals surface area (Å²) in [6, 6.07) is 0. The van der Waals surface area contributed by atoms with Crippen molar-refractivity contribution in [1.82, 2.24) is 0 Å². The van der Waals surface area contributed by atoms with Crippen molar-refractivity contribution in [3.05, 3.63) is 0 Å². The summed E-state index contributed by atoms with van der Waals surface area (Å²) in [5.41, 5.74) is 4.34. The monoisotopic (exact) mass is 165 g/mol. The first-order valence-electron chi connectivity index (χ1n) is 3.71. The van der Waals surface area contributed by atoms with Crippen LogP contribution in [0, 0.1) is 0 Å². The Morgan fingerprint density at radius 2 is 2.00 bits per heavy atom. The van der Waals surface area contributed by atoms with E-state index in [0.717, 1.165) is 0 Å². The van der Waals surface area contributed by atoms with E-state index in [-0.39, 0.29) is 6.42 Å². The summed E-state index contributed by atoms with van der Waals surface area (Å²) in [5.74, 6) is -3.00. The van der Waals surface area contributed by atoms with E-state index in [0.29, 0.717) is 12.8 Å². The van der Waals surface area contributed by atoms with Crippen molar-refractivity contribution in [3.8, 4) is 0 Å². The largest absolute Gasteiger partial charge is 0.385 e. The van der Waals surface area contributed by atoms with Gasteiger partial charge in [-0.1, -0.05) is 0 Å². The number of alkyl halides is 2. The van der Waals surface area contributed by atoms with Crippen LogP contribution in [0.4, 0.5) is 8.78 Å². The van der Waals surface area contributed by atoms with Crippen LogP contribution in [0.15, 0.2) is 0 Å². The molecule has 0 saturated heterocycles. The normalized spacial score (nSPS) is 43.9. The van der Waals surface area contributed by atoms with Gasteiger partial charge in [-0.3, -0.25) is 0 Å². The highest BCUT2D eigenvalue weighted by Crippen LogP contribution is 2.37. The van der Waals surface area contributed by atoms with E-state index >= 15 is 0 Å². The summed E-state index contributed by atoms with van der Waals surface area (Å²) in [4.78, 5) is 0. The molecule has 3 N–H and O–H groups in total. The van der Waals surface area contributed by atoms with Crippen molar-refractivity contribution in [2.45, 2.75) is 43.8 Å². The zero-order valence-electron chi connectivity index (χ0n) is 6.48. The molecule has 1 fully saturated rings. The van der Waals surface area contributed by atoms with E-state index in [1.54, 1.807) is 0 Å². The van der Waals surface area contributed by atoms with Crippen LogP contribution in [0.1, 0.15) is 26.2 Å². The summed E-state index contributed by atoms with van der Waals surface area (Å²) in [6.07, 6.45) is -1.09. The SMILES string of the molecule is C[C@@]1(N)CCCC(F)(F)C1O. The maximum atomic E-state index is 12.8. The van der Waals surface area contributed by atoms with Crippen LogP contribution >= 0.6 is 0 Å². The highest BCUT2D eigenvalue weighted by Gasteiger charge is 2.50. The van der Waals surface area contributed by atoms with Crippen molar-refractivity contribution in [1.29, 1.82) is 0 Å². The molecule has 1 aliphatic carbocycles. The molecule has 0 radical (unpaired) electrons. The molecule has 1 unspecified atom stereocenters. The number of halogens is 2. The highest BCUT2D eigenvalue weighted by atomic mass is 19.3. The topological polar surface area (TPSA) is 46.2 Å². The van der Waals surface area contributed by atoms with E-state index in [1.165, 1.54) is 6.92 Å². The molecule has 0 spiro atoms. The van der Waals surface area contributed by atoms with E-state index in [4.69, 9.17) is 10.8 Å². The van der Waals surface area contributed by atoms with Crippen LogP contribution in [-0.2, 0) is 0 Å². The lowest BCUT2D eigenvalue weighted by Gasteiger charge is -2.39. The minimum Gasteiger partial charge on any atom is -0.385 e. The Hall–Kier alpha value is -0.220.